The second-order valence-electron chi connectivity index (χ2n) is 5.32. The summed E-state index contributed by atoms with van der Waals surface area (Å²) >= 11 is 0. The molecule has 0 unspecified atom stereocenters. The Labute approximate surface area is 123 Å². The molecule has 0 heterocycles. The van der Waals surface area contributed by atoms with Crippen molar-refractivity contribution in [3.63, 3.8) is 0 Å². The molecule has 1 fully saturated rings. The van der Waals surface area contributed by atoms with E-state index in [0.29, 0.717) is 0 Å². The van der Waals surface area contributed by atoms with Crippen molar-refractivity contribution in [2.45, 2.75) is 51.5 Å². The van der Waals surface area contributed by atoms with Crippen molar-refractivity contribution in [1.29, 1.82) is 0 Å². The molecular weight excluding hydrogens is 300 g/mol. The quantitative estimate of drug-likeness (QED) is 0.705. The van der Waals surface area contributed by atoms with Gasteiger partial charge in [0.05, 0.1) is 12.0 Å². The Balaban J connectivity index is 2.65. The van der Waals surface area contributed by atoms with Crippen LogP contribution < -0.4 is 4.72 Å². The fourth-order valence-corrected chi connectivity index (χ4v) is 4.36. The van der Waals surface area contributed by atoms with Crippen LogP contribution in [0.4, 0.5) is 0 Å². The van der Waals surface area contributed by atoms with Gasteiger partial charge in [0.15, 0.2) is 0 Å². The minimum atomic E-state index is -3.31. The Hall–Kier alpha value is -0.180. The molecule has 6 nitrogen and oxygen atoms in total. The number of hydrogen-bond acceptors (Lipinski definition) is 4. The van der Waals surface area contributed by atoms with Gasteiger partial charge in [-0.05, 0) is 19.8 Å². The Kier molecular flexibility index (Phi) is 6.90. The third-order valence-corrected chi connectivity index (χ3v) is 6.43. The monoisotopic (exact) mass is 326 g/mol. The van der Waals surface area contributed by atoms with Gasteiger partial charge in [0.25, 0.3) is 0 Å². The summed E-state index contributed by atoms with van der Waals surface area (Å²) in [5.74, 6) is 0.00923. The van der Waals surface area contributed by atoms with Crippen LogP contribution in [0.15, 0.2) is 0 Å². The van der Waals surface area contributed by atoms with Crippen LogP contribution in [0.5, 0.6) is 0 Å². The molecule has 0 amide bonds. The largest absolute Gasteiger partial charge is 0.214 e. The van der Waals surface area contributed by atoms with E-state index in [2.05, 4.69) is 4.72 Å². The summed E-state index contributed by atoms with van der Waals surface area (Å²) < 4.78 is 50.5. The maximum absolute atomic E-state index is 11.9. The lowest BCUT2D eigenvalue weighted by atomic mass is 10.1. The molecule has 0 saturated heterocycles. The Morgan fingerprint density at radius 2 is 1.60 bits per heavy atom. The predicted molar refractivity (Wildman–Crippen MR) is 80.5 cm³/mol. The topological polar surface area (TPSA) is 83.6 Å². The SMILES string of the molecule is CCS(=O)(=O)NCCN(C1CCCCCC1)S(C)(=O)=O. The molecule has 1 saturated carbocycles. The minimum absolute atomic E-state index is 0.00923. The highest BCUT2D eigenvalue weighted by Gasteiger charge is 2.27. The van der Waals surface area contributed by atoms with Gasteiger partial charge in [0.1, 0.15) is 0 Å². The molecule has 120 valence electrons. The Bertz CT molecular complexity index is 480. The molecule has 0 atom stereocenters. The number of nitrogens with one attached hydrogen (secondary N) is 1. The van der Waals surface area contributed by atoms with Crippen LogP contribution in [0.2, 0.25) is 0 Å². The molecule has 0 aliphatic heterocycles. The van der Waals surface area contributed by atoms with E-state index in [1.807, 2.05) is 0 Å². The second-order valence-corrected chi connectivity index (χ2v) is 9.35. The van der Waals surface area contributed by atoms with E-state index in [9.17, 15) is 16.8 Å². The van der Waals surface area contributed by atoms with Crippen LogP contribution in [0.25, 0.3) is 0 Å². The van der Waals surface area contributed by atoms with Crippen molar-refractivity contribution in [3.05, 3.63) is 0 Å². The van der Waals surface area contributed by atoms with Crippen LogP contribution in [0.3, 0.4) is 0 Å². The second kappa shape index (κ2) is 7.72. The highest BCUT2D eigenvalue weighted by atomic mass is 32.2. The van der Waals surface area contributed by atoms with Crippen molar-refractivity contribution in [3.8, 4) is 0 Å². The zero-order chi connectivity index (χ0) is 15.2. The molecule has 1 aliphatic rings. The fraction of sp³-hybridized carbons (Fsp3) is 1.00. The van der Waals surface area contributed by atoms with Crippen LogP contribution in [0.1, 0.15) is 45.4 Å². The van der Waals surface area contributed by atoms with Crippen LogP contribution >= 0.6 is 0 Å². The summed E-state index contributed by atoms with van der Waals surface area (Å²) in [5, 5.41) is 0. The molecule has 0 bridgehead atoms. The molecule has 0 aromatic rings. The van der Waals surface area contributed by atoms with Crippen LogP contribution in [0, 0.1) is 0 Å². The van der Waals surface area contributed by atoms with Crippen molar-refractivity contribution < 1.29 is 16.8 Å². The van der Waals surface area contributed by atoms with E-state index >= 15 is 0 Å². The van der Waals surface area contributed by atoms with E-state index in [1.165, 1.54) is 10.6 Å². The van der Waals surface area contributed by atoms with Gasteiger partial charge in [-0.15, -0.1) is 0 Å². The lowest BCUT2D eigenvalue weighted by Gasteiger charge is -2.28. The van der Waals surface area contributed by atoms with Crippen molar-refractivity contribution in [2.24, 2.45) is 0 Å². The van der Waals surface area contributed by atoms with Gasteiger partial charge in [-0.2, -0.15) is 4.31 Å². The van der Waals surface area contributed by atoms with Crippen molar-refractivity contribution in [1.82, 2.24) is 9.03 Å². The third-order valence-electron chi connectivity index (χ3n) is 3.69. The standard InChI is InChI=1S/C12H26N2O4S2/c1-3-20(17,18)13-10-11-14(19(2,15)16)12-8-6-4-5-7-9-12/h12-13H,3-11H2,1-2H3. The van der Waals surface area contributed by atoms with Gasteiger partial charge in [0.2, 0.25) is 20.0 Å². The van der Waals surface area contributed by atoms with Crippen LogP contribution in [-0.4, -0.2) is 52.3 Å². The van der Waals surface area contributed by atoms with E-state index in [-0.39, 0.29) is 24.9 Å². The zero-order valence-electron chi connectivity index (χ0n) is 12.3. The van der Waals surface area contributed by atoms with Crippen molar-refractivity contribution >= 4 is 20.0 Å². The van der Waals surface area contributed by atoms with E-state index < -0.39 is 20.0 Å². The third kappa shape index (κ3) is 6.07. The van der Waals surface area contributed by atoms with Crippen molar-refractivity contribution in [2.75, 3.05) is 25.1 Å². The summed E-state index contributed by atoms with van der Waals surface area (Å²) in [6.07, 6.45) is 7.31. The smallest absolute Gasteiger partial charge is 0.211 e. The van der Waals surface area contributed by atoms with E-state index in [1.54, 1.807) is 6.92 Å². The minimum Gasteiger partial charge on any atom is -0.214 e. The summed E-state index contributed by atoms with van der Waals surface area (Å²) in [4.78, 5) is 0. The predicted octanol–water partition coefficient (Wildman–Crippen LogP) is 0.910. The highest BCUT2D eigenvalue weighted by molar-refractivity contribution is 7.89. The molecule has 0 aromatic carbocycles. The molecule has 0 spiro atoms. The molecule has 0 aromatic heterocycles. The maximum Gasteiger partial charge on any atom is 0.211 e. The zero-order valence-corrected chi connectivity index (χ0v) is 14.0. The molecule has 1 N–H and O–H groups in total. The lowest BCUT2D eigenvalue weighted by Crippen LogP contribution is -2.44. The fourth-order valence-electron chi connectivity index (χ4n) is 2.58. The molecule has 1 rings (SSSR count). The first-order valence-electron chi connectivity index (χ1n) is 7.20. The average Bonchev–Trinajstić information content (AvgIpc) is 2.62. The molecule has 1 aliphatic carbocycles. The van der Waals surface area contributed by atoms with Crippen LogP contribution in [-0.2, 0) is 20.0 Å². The molecular formula is C12H26N2O4S2. The van der Waals surface area contributed by atoms with E-state index in [4.69, 9.17) is 0 Å². The van der Waals surface area contributed by atoms with Gasteiger partial charge in [0, 0.05) is 19.1 Å². The lowest BCUT2D eigenvalue weighted by molar-refractivity contribution is 0.297. The molecule has 0 radical (unpaired) electrons. The van der Waals surface area contributed by atoms with Gasteiger partial charge >= 0.3 is 0 Å². The highest BCUT2D eigenvalue weighted by Crippen LogP contribution is 2.23. The first kappa shape index (κ1) is 17.9. The molecule has 20 heavy (non-hydrogen) atoms. The summed E-state index contributed by atoms with van der Waals surface area (Å²) in [6, 6.07) is 0.0126. The van der Waals surface area contributed by atoms with Gasteiger partial charge < -0.3 is 0 Å². The summed E-state index contributed by atoms with van der Waals surface area (Å²) in [7, 11) is -6.58. The summed E-state index contributed by atoms with van der Waals surface area (Å²) in [6.45, 7) is 1.91. The first-order valence-corrected chi connectivity index (χ1v) is 10.7. The number of hydrogen-bond donors (Lipinski definition) is 1. The van der Waals surface area contributed by atoms with Gasteiger partial charge in [-0.3, -0.25) is 0 Å². The summed E-state index contributed by atoms with van der Waals surface area (Å²) in [5.41, 5.74) is 0. The Morgan fingerprint density at radius 1 is 1.05 bits per heavy atom. The Morgan fingerprint density at radius 3 is 2.05 bits per heavy atom. The number of rotatable bonds is 7. The first-order chi connectivity index (χ1) is 9.26. The number of sulfonamides is 2. The number of nitrogens with zero attached hydrogens (tertiary/aromatic N) is 1. The maximum atomic E-state index is 11.9. The van der Waals surface area contributed by atoms with Gasteiger partial charge in [-0.1, -0.05) is 25.7 Å². The normalized spacial score (nSPS) is 19.1. The van der Waals surface area contributed by atoms with E-state index in [0.717, 1.165) is 38.5 Å². The average molecular weight is 326 g/mol. The van der Waals surface area contributed by atoms with Gasteiger partial charge in [-0.25, -0.2) is 21.6 Å². The molecule has 8 heteroatoms.